The fourth-order valence-corrected chi connectivity index (χ4v) is 2.32. The first kappa shape index (κ1) is 17.5. The van der Waals surface area contributed by atoms with Crippen molar-refractivity contribution in [2.45, 2.75) is 18.9 Å². The van der Waals surface area contributed by atoms with E-state index in [1.165, 1.54) is 12.1 Å². The number of esters is 1. The van der Waals surface area contributed by atoms with Crippen molar-refractivity contribution >= 4 is 23.5 Å². The molecule has 0 bridgehead atoms. The number of carbonyl (C=O) groups excluding carboxylic acids is 3. The molecule has 1 saturated carbocycles. The second-order valence-corrected chi connectivity index (χ2v) is 5.93. The van der Waals surface area contributed by atoms with Crippen molar-refractivity contribution in [3.05, 3.63) is 59.7 Å². The van der Waals surface area contributed by atoms with E-state index in [-0.39, 0.29) is 23.3 Å². The number of nitrogens with one attached hydrogen (secondary N) is 2. The van der Waals surface area contributed by atoms with Crippen molar-refractivity contribution in [1.82, 2.24) is 5.32 Å². The predicted octanol–water partition coefficient (Wildman–Crippen LogP) is 2.08. The number of phenols is 1. The summed E-state index contributed by atoms with van der Waals surface area (Å²) >= 11 is 0. The normalized spacial score (nSPS) is 12.9. The maximum Gasteiger partial charge on any atom is 0.342 e. The Balaban J connectivity index is 1.59. The van der Waals surface area contributed by atoms with Gasteiger partial charge in [0.15, 0.2) is 6.61 Å². The van der Waals surface area contributed by atoms with Crippen LogP contribution in [0.2, 0.25) is 0 Å². The Bertz CT molecular complexity index is 845. The molecule has 1 aliphatic rings. The second-order valence-electron chi connectivity index (χ2n) is 5.93. The van der Waals surface area contributed by atoms with Gasteiger partial charge in [0, 0.05) is 6.04 Å². The molecule has 0 spiro atoms. The van der Waals surface area contributed by atoms with Crippen LogP contribution in [-0.2, 0) is 9.53 Å². The molecule has 3 rings (SSSR count). The lowest BCUT2D eigenvalue weighted by atomic mass is 10.1. The van der Waals surface area contributed by atoms with Gasteiger partial charge < -0.3 is 20.5 Å². The van der Waals surface area contributed by atoms with Crippen LogP contribution in [0.15, 0.2) is 48.5 Å². The van der Waals surface area contributed by atoms with E-state index in [1.54, 1.807) is 36.4 Å². The van der Waals surface area contributed by atoms with Gasteiger partial charge in [0.25, 0.3) is 11.8 Å². The zero-order valence-electron chi connectivity index (χ0n) is 13.9. The van der Waals surface area contributed by atoms with Crippen LogP contribution in [0.1, 0.15) is 33.6 Å². The third-order valence-electron chi connectivity index (χ3n) is 3.82. The predicted molar refractivity (Wildman–Crippen MR) is 93.9 cm³/mol. The largest absolute Gasteiger partial charge is 0.507 e. The van der Waals surface area contributed by atoms with Crippen LogP contribution in [0, 0.1) is 0 Å². The fourth-order valence-electron chi connectivity index (χ4n) is 2.32. The maximum atomic E-state index is 12.2. The van der Waals surface area contributed by atoms with Crippen molar-refractivity contribution in [2.24, 2.45) is 0 Å². The number of phenolic OH excluding ortho intramolecular Hbond substituents is 1. The summed E-state index contributed by atoms with van der Waals surface area (Å²) in [7, 11) is 0. The minimum absolute atomic E-state index is 0.0236. The first-order valence-electron chi connectivity index (χ1n) is 8.19. The molecule has 3 N–H and O–H groups in total. The highest BCUT2D eigenvalue weighted by molar-refractivity contribution is 6.04. The second kappa shape index (κ2) is 7.69. The minimum atomic E-state index is -0.807. The Kier molecular flexibility index (Phi) is 5.17. The minimum Gasteiger partial charge on any atom is -0.507 e. The van der Waals surface area contributed by atoms with E-state index in [4.69, 9.17) is 4.74 Å². The summed E-state index contributed by atoms with van der Waals surface area (Å²) in [6.07, 6.45) is 1.92. The zero-order chi connectivity index (χ0) is 18.5. The lowest BCUT2D eigenvalue weighted by Gasteiger charge is -2.11. The summed E-state index contributed by atoms with van der Waals surface area (Å²) in [5.74, 6) is -1.87. The SMILES string of the molecule is O=C(COC(=O)c1ccccc1O)Nc1ccccc1C(=O)NC1CC1. The smallest absolute Gasteiger partial charge is 0.342 e. The molecule has 2 amide bonds. The van der Waals surface area contributed by atoms with Crippen molar-refractivity contribution in [3.63, 3.8) is 0 Å². The Hall–Kier alpha value is -3.35. The van der Waals surface area contributed by atoms with Crippen LogP contribution in [-0.4, -0.2) is 35.5 Å². The number of ether oxygens (including phenoxy) is 1. The molecule has 0 aromatic heterocycles. The molecule has 0 heterocycles. The van der Waals surface area contributed by atoms with Crippen LogP contribution in [0.25, 0.3) is 0 Å². The molecule has 1 fully saturated rings. The first-order valence-corrected chi connectivity index (χ1v) is 8.19. The Morgan fingerprint density at radius 2 is 1.65 bits per heavy atom. The van der Waals surface area contributed by atoms with Crippen LogP contribution < -0.4 is 10.6 Å². The van der Waals surface area contributed by atoms with Gasteiger partial charge in [-0.15, -0.1) is 0 Å². The molecule has 134 valence electrons. The van der Waals surface area contributed by atoms with E-state index in [2.05, 4.69) is 10.6 Å². The van der Waals surface area contributed by atoms with Gasteiger partial charge in [0.05, 0.1) is 11.3 Å². The van der Waals surface area contributed by atoms with E-state index >= 15 is 0 Å². The van der Waals surface area contributed by atoms with Gasteiger partial charge in [0.1, 0.15) is 11.3 Å². The quantitative estimate of drug-likeness (QED) is 0.689. The summed E-state index contributed by atoms with van der Waals surface area (Å²) in [4.78, 5) is 36.2. The number of hydrogen-bond donors (Lipinski definition) is 3. The van der Waals surface area contributed by atoms with Crippen molar-refractivity contribution < 1.29 is 24.2 Å². The van der Waals surface area contributed by atoms with Gasteiger partial charge in [-0.2, -0.15) is 0 Å². The van der Waals surface area contributed by atoms with E-state index in [1.807, 2.05) is 0 Å². The van der Waals surface area contributed by atoms with Crippen molar-refractivity contribution in [2.75, 3.05) is 11.9 Å². The van der Waals surface area contributed by atoms with Gasteiger partial charge in [-0.1, -0.05) is 24.3 Å². The average molecular weight is 354 g/mol. The third kappa shape index (κ3) is 4.38. The lowest BCUT2D eigenvalue weighted by molar-refractivity contribution is -0.119. The number of hydrogen-bond acceptors (Lipinski definition) is 5. The van der Waals surface area contributed by atoms with Gasteiger partial charge in [-0.25, -0.2) is 4.79 Å². The van der Waals surface area contributed by atoms with Gasteiger partial charge >= 0.3 is 5.97 Å². The summed E-state index contributed by atoms with van der Waals surface area (Å²) in [5, 5.41) is 15.0. The molecule has 26 heavy (non-hydrogen) atoms. The molecule has 2 aromatic rings. The average Bonchev–Trinajstić information content (AvgIpc) is 3.44. The van der Waals surface area contributed by atoms with E-state index in [0.29, 0.717) is 11.3 Å². The van der Waals surface area contributed by atoms with E-state index in [0.717, 1.165) is 12.8 Å². The monoisotopic (exact) mass is 354 g/mol. The highest BCUT2D eigenvalue weighted by Gasteiger charge is 2.25. The summed E-state index contributed by atoms with van der Waals surface area (Å²) in [5.41, 5.74) is 0.665. The topological polar surface area (TPSA) is 105 Å². The molecular weight excluding hydrogens is 336 g/mol. The molecule has 2 aromatic carbocycles. The zero-order valence-corrected chi connectivity index (χ0v) is 13.9. The number of carbonyl (C=O) groups is 3. The van der Waals surface area contributed by atoms with Crippen molar-refractivity contribution in [1.29, 1.82) is 0 Å². The lowest BCUT2D eigenvalue weighted by Crippen LogP contribution is -2.28. The number of anilines is 1. The fraction of sp³-hybridized carbons (Fsp3) is 0.211. The molecule has 7 nitrogen and oxygen atoms in total. The Labute approximate surface area is 150 Å². The molecule has 0 unspecified atom stereocenters. The molecule has 1 aliphatic carbocycles. The van der Waals surface area contributed by atoms with Crippen LogP contribution in [0.5, 0.6) is 5.75 Å². The molecule has 7 heteroatoms. The van der Waals surface area contributed by atoms with E-state index in [9.17, 15) is 19.5 Å². The summed E-state index contributed by atoms with van der Waals surface area (Å²) < 4.78 is 4.91. The highest BCUT2D eigenvalue weighted by Crippen LogP contribution is 2.21. The molecule has 0 radical (unpaired) electrons. The number of amides is 2. The Morgan fingerprint density at radius 3 is 2.35 bits per heavy atom. The van der Waals surface area contributed by atoms with Gasteiger partial charge in [-0.3, -0.25) is 9.59 Å². The van der Waals surface area contributed by atoms with Crippen LogP contribution in [0.3, 0.4) is 0 Å². The van der Waals surface area contributed by atoms with Crippen LogP contribution in [0.4, 0.5) is 5.69 Å². The Morgan fingerprint density at radius 1 is 1.00 bits per heavy atom. The first-order chi connectivity index (χ1) is 12.5. The number of aromatic hydroxyl groups is 1. The standard InChI is InChI=1S/C19H18N2O5/c22-16-8-4-2-6-14(16)19(25)26-11-17(23)21-15-7-3-1-5-13(15)18(24)20-12-9-10-12/h1-8,12,22H,9-11H2,(H,20,24)(H,21,23). The van der Waals surface area contributed by atoms with Crippen molar-refractivity contribution in [3.8, 4) is 5.75 Å². The maximum absolute atomic E-state index is 12.2. The van der Waals surface area contributed by atoms with Crippen LogP contribution >= 0.6 is 0 Å². The number of para-hydroxylation sites is 2. The number of rotatable bonds is 6. The highest BCUT2D eigenvalue weighted by atomic mass is 16.5. The molecular formula is C19H18N2O5. The van der Waals surface area contributed by atoms with Gasteiger partial charge in [0.2, 0.25) is 0 Å². The summed E-state index contributed by atoms with van der Waals surface area (Å²) in [6.45, 7) is -0.536. The molecule has 0 aliphatic heterocycles. The molecule has 0 saturated heterocycles. The van der Waals surface area contributed by atoms with Gasteiger partial charge in [-0.05, 0) is 37.1 Å². The van der Waals surface area contributed by atoms with E-state index < -0.39 is 18.5 Å². The third-order valence-corrected chi connectivity index (χ3v) is 3.82. The number of benzene rings is 2. The summed E-state index contributed by atoms with van der Waals surface area (Å²) in [6, 6.07) is 12.7. The molecule has 0 atom stereocenters.